The lowest BCUT2D eigenvalue weighted by atomic mass is 10.1. The summed E-state index contributed by atoms with van der Waals surface area (Å²) in [7, 11) is 0. The van der Waals surface area contributed by atoms with Crippen molar-refractivity contribution in [1.29, 1.82) is 5.26 Å². The molecule has 0 atom stereocenters. The van der Waals surface area contributed by atoms with Crippen LogP contribution in [0.15, 0.2) is 48.8 Å². The lowest BCUT2D eigenvalue weighted by molar-refractivity contribution is 0.184. The van der Waals surface area contributed by atoms with Crippen LogP contribution in [0.1, 0.15) is 30.4 Å². The number of hydrogen-bond donors (Lipinski definition) is 2. The zero-order valence-electron chi connectivity index (χ0n) is 17.5. The number of nitrogens with zero attached hydrogens (tertiary/aromatic N) is 5. The molecule has 0 saturated carbocycles. The number of hydrogen-bond acceptors (Lipinski definition) is 6. The second-order valence-electron chi connectivity index (χ2n) is 7.77. The molecule has 0 spiro atoms. The van der Waals surface area contributed by atoms with Crippen LogP contribution in [0.25, 0.3) is 11.3 Å². The minimum absolute atomic E-state index is 0.00354. The first-order valence-corrected chi connectivity index (χ1v) is 10.4. The minimum Gasteiger partial charge on any atom is -0.368 e. The molecule has 3 heterocycles. The second-order valence-corrected chi connectivity index (χ2v) is 7.77. The number of carbonyl (C=O) groups is 1. The van der Waals surface area contributed by atoms with E-state index in [2.05, 4.69) is 20.3 Å². The lowest BCUT2D eigenvalue weighted by Gasteiger charge is -2.37. The van der Waals surface area contributed by atoms with Gasteiger partial charge in [-0.3, -0.25) is 4.98 Å². The van der Waals surface area contributed by atoms with Crippen LogP contribution >= 0.6 is 0 Å². The van der Waals surface area contributed by atoms with E-state index in [1.165, 1.54) is 12.1 Å². The van der Waals surface area contributed by atoms with Crippen LogP contribution in [0.5, 0.6) is 0 Å². The van der Waals surface area contributed by atoms with Gasteiger partial charge in [0.25, 0.3) is 0 Å². The highest BCUT2D eigenvalue weighted by atomic mass is 19.1. The standard InChI is InChI=1S/C23H22FN7O/c24-19-12-17(4-5-18(19)14-25)20-13-21(30-22(26)29-20)31(10-2-1-3-11-31)23(32)28-15-16-6-8-27-9-7-16/h4-9,12-13H,1-3,10-11,15H2,(H2-,26,28,29,30,32)/p+1. The molecule has 3 N–H and O–H groups in total. The molecule has 1 fully saturated rings. The molecule has 1 aromatic carbocycles. The summed E-state index contributed by atoms with van der Waals surface area (Å²) in [5.41, 5.74) is 7.76. The van der Waals surface area contributed by atoms with E-state index in [4.69, 9.17) is 11.0 Å². The highest BCUT2D eigenvalue weighted by Gasteiger charge is 2.42. The van der Waals surface area contributed by atoms with Gasteiger partial charge in [-0.25, -0.2) is 14.2 Å². The SMILES string of the molecule is N#Cc1ccc(-c2cc([N+]3(C(=O)NCc4ccncc4)CCCCC3)nc(N)n2)cc1F. The fourth-order valence-corrected chi connectivity index (χ4v) is 4.00. The van der Waals surface area contributed by atoms with Gasteiger partial charge in [0.2, 0.25) is 11.8 Å². The van der Waals surface area contributed by atoms with E-state index in [-0.39, 0.29) is 22.0 Å². The topological polar surface area (TPSA) is 118 Å². The molecule has 32 heavy (non-hydrogen) atoms. The Hall–Kier alpha value is -3.90. The van der Waals surface area contributed by atoms with Crippen molar-refractivity contribution in [3.63, 3.8) is 0 Å². The number of anilines is 1. The average molecular weight is 432 g/mol. The molecule has 2 amide bonds. The lowest BCUT2D eigenvalue weighted by Crippen LogP contribution is -2.61. The van der Waals surface area contributed by atoms with E-state index < -0.39 is 5.82 Å². The van der Waals surface area contributed by atoms with Crippen LogP contribution in [-0.4, -0.2) is 34.1 Å². The van der Waals surface area contributed by atoms with E-state index >= 15 is 0 Å². The number of nitriles is 1. The van der Waals surface area contributed by atoms with Gasteiger partial charge in [-0.1, -0.05) is 6.07 Å². The largest absolute Gasteiger partial charge is 0.423 e. The zero-order chi connectivity index (χ0) is 22.6. The third-order valence-corrected chi connectivity index (χ3v) is 5.72. The van der Waals surface area contributed by atoms with Crippen LogP contribution in [0.2, 0.25) is 0 Å². The number of aromatic nitrogens is 3. The molecule has 0 aliphatic carbocycles. The summed E-state index contributed by atoms with van der Waals surface area (Å²) in [5, 5.41) is 12.0. The number of carbonyl (C=O) groups excluding carboxylic acids is 1. The van der Waals surface area contributed by atoms with Crippen LogP contribution in [-0.2, 0) is 6.54 Å². The number of pyridine rings is 1. The molecule has 4 rings (SSSR count). The first kappa shape index (κ1) is 21.3. The monoisotopic (exact) mass is 432 g/mol. The van der Waals surface area contributed by atoms with Crippen molar-refractivity contribution in [3.05, 3.63) is 65.7 Å². The van der Waals surface area contributed by atoms with Gasteiger partial charge in [-0.05, 0) is 49.1 Å². The number of nitrogens with two attached hydrogens (primary N) is 1. The number of likely N-dealkylation sites (tertiary alicyclic amines) is 1. The Morgan fingerprint density at radius 3 is 2.56 bits per heavy atom. The molecule has 9 heteroatoms. The quantitative estimate of drug-likeness (QED) is 0.609. The number of benzene rings is 1. The number of quaternary nitrogens is 1. The van der Waals surface area contributed by atoms with Gasteiger partial charge in [0, 0.05) is 30.6 Å². The van der Waals surface area contributed by atoms with Gasteiger partial charge in [0.05, 0.1) is 24.3 Å². The molecule has 162 valence electrons. The summed E-state index contributed by atoms with van der Waals surface area (Å²) in [5.74, 6) is -0.155. The number of piperidine rings is 1. The molecule has 1 aliphatic heterocycles. The van der Waals surface area contributed by atoms with Gasteiger partial charge >= 0.3 is 6.03 Å². The summed E-state index contributed by atoms with van der Waals surface area (Å²) in [6.45, 7) is 1.54. The normalized spacial score (nSPS) is 15.0. The van der Waals surface area contributed by atoms with Gasteiger partial charge in [-0.15, -0.1) is 0 Å². The molecule has 1 aliphatic rings. The highest BCUT2D eigenvalue weighted by molar-refractivity contribution is 5.87. The third-order valence-electron chi connectivity index (χ3n) is 5.72. The van der Waals surface area contributed by atoms with Crippen molar-refractivity contribution in [2.75, 3.05) is 18.8 Å². The summed E-state index contributed by atoms with van der Waals surface area (Å²) in [6, 6.07) is 11.3. The third kappa shape index (κ3) is 4.26. The molecule has 2 aromatic heterocycles. The highest BCUT2D eigenvalue weighted by Crippen LogP contribution is 2.31. The Bertz CT molecular complexity index is 1170. The Morgan fingerprint density at radius 1 is 1.12 bits per heavy atom. The fourth-order valence-electron chi connectivity index (χ4n) is 4.00. The number of amides is 2. The van der Waals surface area contributed by atoms with Crippen molar-refractivity contribution >= 4 is 17.8 Å². The van der Waals surface area contributed by atoms with Gasteiger partial charge < -0.3 is 11.1 Å². The van der Waals surface area contributed by atoms with Crippen LogP contribution < -0.4 is 15.5 Å². The Kier molecular flexibility index (Phi) is 6.05. The first-order valence-electron chi connectivity index (χ1n) is 10.4. The molecule has 0 radical (unpaired) electrons. The van der Waals surface area contributed by atoms with Gasteiger partial charge in [-0.2, -0.15) is 14.7 Å². The van der Waals surface area contributed by atoms with E-state index in [9.17, 15) is 9.18 Å². The van der Waals surface area contributed by atoms with Crippen molar-refractivity contribution in [1.82, 2.24) is 24.8 Å². The number of rotatable bonds is 4. The summed E-state index contributed by atoms with van der Waals surface area (Å²) in [6.07, 6.45) is 6.13. The van der Waals surface area contributed by atoms with Crippen LogP contribution in [0.3, 0.4) is 0 Å². The molecular weight excluding hydrogens is 409 g/mol. The van der Waals surface area contributed by atoms with Gasteiger partial charge in [0.1, 0.15) is 11.9 Å². The predicted molar refractivity (Wildman–Crippen MR) is 118 cm³/mol. The van der Waals surface area contributed by atoms with Crippen molar-refractivity contribution in [3.8, 4) is 17.3 Å². The van der Waals surface area contributed by atoms with E-state index in [1.54, 1.807) is 30.6 Å². The molecule has 8 nitrogen and oxygen atoms in total. The maximum absolute atomic E-state index is 14.2. The molecule has 0 unspecified atom stereocenters. The Balaban J connectivity index is 1.70. The van der Waals surface area contributed by atoms with E-state index in [1.807, 2.05) is 12.1 Å². The zero-order valence-corrected chi connectivity index (χ0v) is 17.5. The fraction of sp³-hybridized carbons (Fsp3) is 0.261. The Morgan fingerprint density at radius 2 is 1.88 bits per heavy atom. The summed E-state index contributed by atoms with van der Waals surface area (Å²) >= 11 is 0. The maximum Gasteiger partial charge on any atom is 0.423 e. The summed E-state index contributed by atoms with van der Waals surface area (Å²) in [4.78, 5) is 26.1. The van der Waals surface area contributed by atoms with Crippen molar-refractivity contribution in [2.45, 2.75) is 25.8 Å². The maximum atomic E-state index is 14.2. The molecule has 1 saturated heterocycles. The minimum atomic E-state index is -0.638. The number of halogens is 1. The average Bonchev–Trinajstić information content (AvgIpc) is 2.83. The van der Waals surface area contributed by atoms with Crippen molar-refractivity contribution < 1.29 is 9.18 Å². The molecular formula is C23H23FN7O+. The van der Waals surface area contributed by atoms with Crippen LogP contribution in [0, 0.1) is 17.1 Å². The van der Waals surface area contributed by atoms with E-state index in [0.29, 0.717) is 36.7 Å². The predicted octanol–water partition coefficient (Wildman–Crippen LogP) is 3.53. The second kappa shape index (κ2) is 9.08. The van der Waals surface area contributed by atoms with Crippen LogP contribution in [0.4, 0.5) is 21.0 Å². The number of nitrogen functional groups attached to an aromatic ring is 1. The van der Waals surface area contributed by atoms with Crippen molar-refractivity contribution in [2.24, 2.45) is 0 Å². The van der Waals surface area contributed by atoms with E-state index in [0.717, 1.165) is 24.8 Å². The smallest absolute Gasteiger partial charge is 0.368 e. The summed E-state index contributed by atoms with van der Waals surface area (Å²) < 4.78 is 14.2. The number of urea groups is 1. The molecule has 0 bridgehead atoms. The molecule has 3 aromatic rings. The first-order chi connectivity index (χ1) is 15.5. The number of nitrogens with one attached hydrogen (secondary N) is 1. The van der Waals surface area contributed by atoms with Gasteiger partial charge in [0.15, 0.2) is 0 Å². The Labute approximate surface area is 185 Å².